The summed E-state index contributed by atoms with van der Waals surface area (Å²) in [6, 6.07) is 7.44. The van der Waals surface area contributed by atoms with Crippen molar-refractivity contribution in [3.05, 3.63) is 35.4 Å². The van der Waals surface area contributed by atoms with Gasteiger partial charge in [0, 0.05) is 18.2 Å². The molecule has 0 amide bonds. The first-order chi connectivity index (χ1) is 9.41. The predicted octanol–water partition coefficient (Wildman–Crippen LogP) is 0.400. The fraction of sp³-hybridized carbons (Fsp3) is 0.462. The quantitative estimate of drug-likeness (QED) is 0.363. The monoisotopic (exact) mass is 297 g/mol. The number of sulfone groups is 1. The molecule has 2 rings (SSSR count). The Labute approximate surface area is 118 Å². The fourth-order valence-corrected chi connectivity index (χ4v) is 4.18. The van der Waals surface area contributed by atoms with Crippen LogP contribution in [0.5, 0.6) is 0 Å². The molecule has 0 aliphatic carbocycles. The standard InChI is InChI=1S/C13H19N3O3S/c1-16(12-6-7-20(18,19)9-12)8-10-2-4-11(5-3-10)13(14)15-17/h2-5,12,17H,6-9H2,1H3,(H2,14,15). The third-order valence-electron chi connectivity index (χ3n) is 3.62. The second-order valence-electron chi connectivity index (χ2n) is 5.15. The molecule has 20 heavy (non-hydrogen) atoms. The first kappa shape index (κ1) is 14.8. The molecule has 0 radical (unpaired) electrons. The molecule has 1 heterocycles. The molecule has 1 aromatic carbocycles. The van der Waals surface area contributed by atoms with Gasteiger partial charge in [0.25, 0.3) is 0 Å². The smallest absolute Gasteiger partial charge is 0.170 e. The van der Waals surface area contributed by atoms with Gasteiger partial charge in [-0.15, -0.1) is 0 Å². The number of hydrogen-bond donors (Lipinski definition) is 2. The number of hydrogen-bond acceptors (Lipinski definition) is 5. The van der Waals surface area contributed by atoms with Gasteiger partial charge in [0.2, 0.25) is 0 Å². The largest absolute Gasteiger partial charge is 0.409 e. The van der Waals surface area contributed by atoms with Crippen LogP contribution >= 0.6 is 0 Å². The van der Waals surface area contributed by atoms with E-state index in [0.717, 1.165) is 5.56 Å². The number of amidine groups is 1. The molecule has 7 heteroatoms. The zero-order valence-corrected chi connectivity index (χ0v) is 12.2. The highest BCUT2D eigenvalue weighted by molar-refractivity contribution is 7.91. The molecule has 0 spiro atoms. The van der Waals surface area contributed by atoms with Crippen molar-refractivity contribution in [2.75, 3.05) is 18.6 Å². The van der Waals surface area contributed by atoms with E-state index in [1.54, 1.807) is 12.1 Å². The van der Waals surface area contributed by atoms with Gasteiger partial charge in [-0.1, -0.05) is 29.4 Å². The highest BCUT2D eigenvalue weighted by Gasteiger charge is 2.30. The highest BCUT2D eigenvalue weighted by Crippen LogP contribution is 2.18. The SMILES string of the molecule is CN(Cc1ccc(/C(N)=N/O)cc1)C1CCS(=O)(=O)C1. The van der Waals surface area contributed by atoms with E-state index in [2.05, 4.69) is 10.1 Å². The number of oxime groups is 1. The van der Waals surface area contributed by atoms with Gasteiger partial charge in [0.05, 0.1) is 11.5 Å². The van der Waals surface area contributed by atoms with Crippen LogP contribution in [0.4, 0.5) is 0 Å². The van der Waals surface area contributed by atoms with Gasteiger partial charge in [0.15, 0.2) is 15.7 Å². The molecule has 0 bridgehead atoms. The lowest BCUT2D eigenvalue weighted by molar-refractivity contribution is 0.254. The van der Waals surface area contributed by atoms with Gasteiger partial charge in [-0.05, 0) is 19.0 Å². The van der Waals surface area contributed by atoms with E-state index in [1.807, 2.05) is 19.2 Å². The van der Waals surface area contributed by atoms with Crippen molar-refractivity contribution in [2.45, 2.75) is 19.0 Å². The maximum absolute atomic E-state index is 11.5. The van der Waals surface area contributed by atoms with Gasteiger partial charge < -0.3 is 10.9 Å². The molecular formula is C13H19N3O3S. The van der Waals surface area contributed by atoms with Crippen LogP contribution in [0, 0.1) is 0 Å². The zero-order chi connectivity index (χ0) is 14.8. The summed E-state index contributed by atoms with van der Waals surface area (Å²) in [4.78, 5) is 2.06. The Bertz CT molecular complexity index is 596. The van der Waals surface area contributed by atoms with E-state index in [9.17, 15) is 8.42 Å². The van der Waals surface area contributed by atoms with Crippen LogP contribution in [0.25, 0.3) is 0 Å². The van der Waals surface area contributed by atoms with Crippen LogP contribution in [0.3, 0.4) is 0 Å². The average molecular weight is 297 g/mol. The minimum Gasteiger partial charge on any atom is -0.409 e. The molecule has 0 aromatic heterocycles. The van der Waals surface area contributed by atoms with Crippen molar-refractivity contribution in [2.24, 2.45) is 10.9 Å². The Hall–Kier alpha value is -1.60. The summed E-state index contributed by atoms with van der Waals surface area (Å²) < 4.78 is 22.9. The maximum atomic E-state index is 11.5. The molecule has 0 saturated carbocycles. The van der Waals surface area contributed by atoms with Gasteiger partial charge in [-0.3, -0.25) is 4.90 Å². The molecule has 1 unspecified atom stereocenters. The first-order valence-corrected chi connectivity index (χ1v) is 8.21. The number of nitrogens with two attached hydrogens (primary N) is 1. The molecule has 1 aromatic rings. The second kappa shape index (κ2) is 5.80. The fourth-order valence-electron chi connectivity index (χ4n) is 2.38. The van der Waals surface area contributed by atoms with Crippen LogP contribution in [-0.2, 0) is 16.4 Å². The van der Waals surface area contributed by atoms with E-state index in [4.69, 9.17) is 10.9 Å². The van der Waals surface area contributed by atoms with E-state index in [-0.39, 0.29) is 23.4 Å². The molecule has 6 nitrogen and oxygen atoms in total. The molecule has 1 fully saturated rings. The summed E-state index contributed by atoms with van der Waals surface area (Å²) >= 11 is 0. The molecule has 3 N–H and O–H groups in total. The Morgan fingerprint density at radius 3 is 2.60 bits per heavy atom. The summed E-state index contributed by atoms with van der Waals surface area (Å²) in [5.41, 5.74) is 7.21. The highest BCUT2D eigenvalue weighted by atomic mass is 32.2. The first-order valence-electron chi connectivity index (χ1n) is 6.39. The predicted molar refractivity (Wildman–Crippen MR) is 77.5 cm³/mol. The number of benzene rings is 1. The lowest BCUT2D eigenvalue weighted by Gasteiger charge is -2.23. The topological polar surface area (TPSA) is 96.0 Å². The molecule has 1 aliphatic heterocycles. The minimum absolute atomic E-state index is 0.0757. The van der Waals surface area contributed by atoms with Crippen molar-refractivity contribution in [3.8, 4) is 0 Å². The Morgan fingerprint density at radius 1 is 1.45 bits per heavy atom. The zero-order valence-electron chi connectivity index (χ0n) is 11.4. The summed E-state index contributed by atoms with van der Waals surface area (Å²) in [5, 5.41) is 11.5. The van der Waals surface area contributed by atoms with Crippen molar-refractivity contribution >= 4 is 15.7 Å². The summed E-state index contributed by atoms with van der Waals surface area (Å²) in [5.74, 6) is 0.600. The molecule has 1 aliphatic rings. The van der Waals surface area contributed by atoms with Crippen LogP contribution in [0.2, 0.25) is 0 Å². The normalized spacial score (nSPS) is 22.3. The van der Waals surface area contributed by atoms with Gasteiger partial charge in [0.1, 0.15) is 0 Å². The van der Waals surface area contributed by atoms with Crippen LogP contribution in [0.15, 0.2) is 29.4 Å². The minimum atomic E-state index is -2.86. The van der Waals surface area contributed by atoms with Gasteiger partial charge in [-0.25, -0.2) is 8.42 Å². The van der Waals surface area contributed by atoms with E-state index in [0.29, 0.717) is 18.5 Å². The maximum Gasteiger partial charge on any atom is 0.170 e. The Morgan fingerprint density at radius 2 is 2.10 bits per heavy atom. The van der Waals surface area contributed by atoms with Crippen LogP contribution in [0.1, 0.15) is 17.5 Å². The van der Waals surface area contributed by atoms with Crippen LogP contribution in [-0.4, -0.2) is 49.0 Å². The summed E-state index contributed by atoms with van der Waals surface area (Å²) in [7, 11) is -0.922. The van der Waals surface area contributed by atoms with Gasteiger partial charge in [-0.2, -0.15) is 0 Å². The van der Waals surface area contributed by atoms with Crippen LogP contribution < -0.4 is 5.73 Å². The van der Waals surface area contributed by atoms with Gasteiger partial charge >= 0.3 is 0 Å². The number of rotatable bonds is 4. The van der Waals surface area contributed by atoms with Crippen molar-refractivity contribution in [1.82, 2.24) is 4.90 Å². The third-order valence-corrected chi connectivity index (χ3v) is 5.37. The Balaban J connectivity index is 2.00. The van der Waals surface area contributed by atoms with E-state index < -0.39 is 9.84 Å². The number of nitrogens with zero attached hydrogens (tertiary/aromatic N) is 2. The van der Waals surface area contributed by atoms with Crippen molar-refractivity contribution < 1.29 is 13.6 Å². The Kier molecular flexibility index (Phi) is 4.29. The molecule has 1 atom stereocenters. The van der Waals surface area contributed by atoms with Crippen molar-refractivity contribution in [3.63, 3.8) is 0 Å². The molecule has 110 valence electrons. The van der Waals surface area contributed by atoms with E-state index >= 15 is 0 Å². The van der Waals surface area contributed by atoms with E-state index in [1.165, 1.54) is 0 Å². The lowest BCUT2D eigenvalue weighted by atomic mass is 10.1. The second-order valence-corrected chi connectivity index (χ2v) is 7.38. The summed E-state index contributed by atoms with van der Waals surface area (Å²) in [6.45, 7) is 0.677. The average Bonchev–Trinajstić information content (AvgIpc) is 2.79. The lowest BCUT2D eigenvalue weighted by Crippen LogP contribution is -2.32. The van der Waals surface area contributed by atoms with Crippen molar-refractivity contribution in [1.29, 1.82) is 0 Å². The third kappa shape index (κ3) is 3.49. The summed E-state index contributed by atoms with van der Waals surface area (Å²) in [6.07, 6.45) is 0.695. The molecular weight excluding hydrogens is 278 g/mol. The molecule has 1 saturated heterocycles.